The molecule has 4 heteroatoms. The van der Waals surface area contributed by atoms with Crippen molar-refractivity contribution >= 4 is 6.08 Å². The Hall–Kier alpha value is -2.72. The van der Waals surface area contributed by atoms with Crippen LogP contribution in [0.2, 0.25) is 0 Å². The van der Waals surface area contributed by atoms with Gasteiger partial charge in [0.1, 0.15) is 5.82 Å². The molecule has 0 saturated heterocycles. The van der Waals surface area contributed by atoms with Gasteiger partial charge in [-0.1, -0.05) is 42.8 Å². The van der Waals surface area contributed by atoms with Crippen LogP contribution in [0, 0.1) is 22.6 Å². The minimum Gasteiger partial charge on any atom is -0.324 e. The van der Waals surface area contributed by atoms with E-state index in [1.807, 2.05) is 10.9 Å². The van der Waals surface area contributed by atoms with Gasteiger partial charge in [0, 0.05) is 6.04 Å². The monoisotopic (exact) mass is 399 g/mol. The fraction of sp³-hybridized carbons (Fsp3) is 0.346. The Morgan fingerprint density at radius 2 is 1.90 bits per heavy atom. The molecule has 3 aromatic rings. The molecule has 6 rings (SSSR count). The molecule has 1 heterocycles. The third-order valence-electron chi connectivity index (χ3n) is 8.21. The van der Waals surface area contributed by atoms with E-state index in [0.29, 0.717) is 11.3 Å². The highest BCUT2D eigenvalue weighted by Crippen LogP contribution is 2.76. The van der Waals surface area contributed by atoms with Crippen molar-refractivity contribution in [1.29, 1.82) is 0 Å². The Labute approximate surface area is 176 Å². The van der Waals surface area contributed by atoms with Gasteiger partial charge in [-0.05, 0) is 83.9 Å². The topological polar surface area (TPSA) is 43.8 Å². The van der Waals surface area contributed by atoms with Gasteiger partial charge in [-0.2, -0.15) is 5.10 Å². The van der Waals surface area contributed by atoms with Gasteiger partial charge in [-0.15, -0.1) is 0 Å². The smallest absolute Gasteiger partial charge is 0.123 e. The van der Waals surface area contributed by atoms with Crippen LogP contribution in [0.4, 0.5) is 4.39 Å². The predicted molar refractivity (Wildman–Crippen MR) is 116 cm³/mol. The zero-order valence-corrected chi connectivity index (χ0v) is 17.2. The highest BCUT2D eigenvalue weighted by molar-refractivity contribution is 5.63. The summed E-state index contributed by atoms with van der Waals surface area (Å²) in [5, 5.41) is 4.65. The Kier molecular flexibility index (Phi) is 3.70. The van der Waals surface area contributed by atoms with E-state index in [9.17, 15) is 4.39 Å². The van der Waals surface area contributed by atoms with Gasteiger partial charge in [0.05, 0.1) is 17.6 Å². The number of aromatic nitrogens is 2. The maximum atomic E-state index is 13.4. The van der Waals surface area contributed by atoms with E-state index < -0.39 is 0 Å². The summed E-state index contributed by atoms with van der Waals surface area (Å²) >= 11 is 0. The van der Waals surface area contributed by atoms with Crippen LogP contribution in [0.3, 0.4) is 0 Å². The number of halogens is 1. The molecule has 30 heavy (non-hydrogen) atoms. The molecule has 0 amide bonds. The largest absolute Gasteiger partial charge is 0.324 e. The van der Waals surface area contributed by atoms with Gasteiger partial charge in [0.2, 0.25) is 0 Å². The van der Waals surface area contributed by atoms with Crippen molar-refractivity contribution in [2.75, 3.05) is 0 Å². The molecule has 3 aliphatic carbocycles. The van der Waals surface area contributed by atoms with Gasteiger partial charge in [0.15, 0.2) is 0 Å². The minimum absolute atomic E-state index is 0.103. The molecule has 2 aromatic carbocycles. The Balaban J connectivity index is 1.34. The van der Waals surface area contributed by atoms with Crippen molar-refractivity contribution in [3.05, 3.63) is 89.0 Å². The van der Waals surface area contributed by atoms with Gasteiger partial charge in [-0.25, -0.2) is 9.07 Å². The van der Waals surface area contributed by atoms with Crippen LogP contribution in [-0.4, -0.2) is 9.78 Å². The third kappa shape index (κ3) is 2.37. The molecule has 0 radical (unpaired) electrons. The number of fused-ring (bicyclic) bond motifs is 3. The van der Waals surface area contributed by atoms with Gasteiger partial charge in [0.25, 0.3) is 0 Å². The first kappa shape index (κ1) is 18.1. The van der Waals surface area contributed by atoms with E-state index in [4.69, 9.17) is 5.73 Å². The summed E-state index contributed by atoms with van der Waals surface area (Å²) in [7, 11) is 0. The fourth-order valence-electron chi connectivity index (χ4n) is 6.40. The van der Waals surface area contributed by atoms with Crippen LogP contribution >= 0.6 is 0 Å². The maximum absolute atomic E-state index is 13.4. The molecule has 4 atom stereocenters. The number of rotatable bonds is 3. The van der Waals surface area contributed by atoms with Crippen LogP contribution in [0.1, 0.15) is 49.0 Å². The van der Waals surface area contributed by atoms with Crippen LogP contribution in [0.5, 0.6) is 0 Å². The summed E-state index contributed by atoms with van der Waals surface area (Å²) in [6.45, 7) is 2.45. The van der Waals surface area contributed by atoms with Crippen molar-refractivity contribution in [2.24, 2.45) is 22.5 Å². The summed E-state index contributed by atoms with van der Waals surface area (Å²) < 4.78 is 15.3. The van der Waals surface area contributed by atoms with Crippen LogP contribution in [-0.2, 0) is 6.42 Å². The number of benzene rings is 2. The van der Waals surface area contributed by atoms with Crippen molar-refractivity contribution in [2.45, 2.75) is 38.6 Å². The molecule has 0 bridgehead atoms. The Morgan fingerprint density at radius 1 is 1.13 bits per heavy atom. The van der Waals surface area contributed by atoms with Crippen LogP contribution in [0.15, 0.2) is 66.4 Å². The molecule has 0 aliphatic heterocycles. The summed E-state index contributed by atoms with van der Waals surface area (Å²) in [6, 6.07) is 17.2. The number of nitrogens with two attached hydrogens (primary N) is 1. The first-order valence-electron chi connectivity index (χ1n) is 10.9. The molecule has 3 aliphatic rings. The number of nitrogens with zero attached hydrogens (tertiary/aromatic N) is 2. The minimum atomic E-state index is -0.224. The lowest BCUT2D eigenvalue weighted by atomic mass is 9.66. The van der Waals surface area contributed by atoms with E-state index in [1.54, 1.807) is 12.1 Å². The van der Waals surface area contributed by atoms with E-state index in [-0.39, 0.29) is 17.3 Å². The predicted octanol–water partition coefficient (Wildman–Crippen LogP) is 5.46. The van der Waals surface area contributed by atoms with E-state index in [2.05, 4.69) is 48.4 Å². The van der Waals surface area contributed by atoms with E-state index in [1.165, 1.54) is 41.7 Å². The average Bonchev–Trinajstić information content (AvgIpc) is 3.28. The molecule has 2 saturated carbocycles. The number of hydrogen-bond donors (Lipinski definition) is 1. The van der Waals surface area contributed by atoms with Crippen molar-refractivity contribution in [3.63, 3.8) is 0 Å². The maximum Gasteiger partial charge on any atom is 0.123 e. The van der Waals surface area contributed by atoms with Gasteiger partial charge < -0.3 is 5.73 Å². The molecular formula is C26H26FN3. The molecule has 152 valence electrons. The summed E-state index contributed by atoms with van der Waals surface area (Å²) in [5.41, 5.74) is 13.3. The van der Waals surface area contributed by atoms with Crippen LogP contribution < -0.4 is 5.73 Å². The van der Waals surface area contributed by atoms with Gasteiger partial charge in [-0.3, -0.25) is 0 Å². The zero-order valence-electron chi connectivity index (χ0n) is 17.2. The van der Waals surface area contributed by atoms with Crippen molar-refractivity contribution < 1.29 is 4.39 Å². The van der Waals surface area contributed by atoms with E-state index in [0.717, 1.165) is 24.2 Å². The first-order chi connectivity index (χ1) is 14.5. The normalized spacial score (nSPS) is 30.0. The molecule has 1 spiro atoms. The second-order valence-electron chi connectivity index (χ2n) is 9.52. The number of hydrogen-bond acceptors (Lipinski definition) is 2. The molecule has 1 aromatic heterocycles. The second-order valence-corrected chi connectivity index (χ2v) is 9.52. The van der Waals surface area contributed by atoms with Crippen molar-refractivity contribution in [1.82, 2.24) is 9.78 Å². The lowest BCUT2D eigenvalue weighted by Crippen LogP contribution is -2.33. The lowest BCUT2D eigenvalue weighted by Gasteiger charge is -2.38. The first-order valence-corrected chi connectivity index (χ1v) is 10.9. The SMILES string of the molecule is CC12Cc3cnn(-c4ccc(F)cc4)c3C=C1CCC21CC1C(N)c1ccccc1. The Morgan fingerprint density at radius 3 is 2.67 bits per heavy atom. The highest BCUT2D eigenvalue weighted by atomic mass is 19.1. The van der Waals surface area contributed by atoms with Gasteiger partial charge >= 0.3 is 0 Å². The summed E-state index contributed by atoms with van der Waals surface area (Å²) in [6.07, 6.45) is 8.91. The molecular weight excluding hydrogens is 373 g/mol. The average molecular weight is 400 g/mol. The second kappa shape index (κ2) is 6.14. The zero-order chi connectivity index (χ0) is 20.5. The number of allylic oxidation sites excluding steroid dienone is 1. The Bertz CT molecular complexity index is 1150. The molecule has 4 unspecified atom stereocenters. The molecule has 2 N–H and O–H groups in total. The lowest BCUT2D eigenvalue weighted by molar-refractivity contribution is 0.213. The van der Waals surface area contributed by atoms with E-state index >= 15 is 0 Å². The quantitative estimate of drug-likeness (QED) is 0.636. The fourth-order valence-corrected chi connectivity index (χ4v) is 6.40. The summed E-state index contributed by atoms with van der Waals surface area (Å²) in [4.78, 5) is 0. The molecule has 3 nitrogen and oxygen atoms in total. The standard InChI is InChI=1S/C26H26FN3/c1-25-14-18-16-29-30(21-9-7-20(27)8-10-21)23(18)13-19(25)11-12-26(25)15-22(26)24(28)17-5-3-2-4-6-17/h2-10,13,16,22,24H,11-12,14-15,28H2,1H3. The van der Waals surface area contributed by atoms with Crippen LogP contribution in [0.25, 0.3) is 11.8 Å². The highest BCUT2D eigenvalue weighted by Gasteiger charge is 2.69. The van der Waals surface area contributed by atoms with Crippen molar-refractivity contribution in [3.8, 4) is 5.69 Å². The molecule has 2 fully saturated rings. The third-order valence-corrected chi connectivity index (χ3v) is 8.21. The summed E-state index contributed by atoms with van der Waals surface area (Å²) in [5.74, 6) is 0.308.